The van der Waals surface area contributed by atoms with Gasteiger partial charge in [-0.15, -0.1) is 0 Å². The van der Waals surface area contributed by atoms with E-state index in [1.165, 1.54) is 11.3 Å². The van der Waals surface area contributed by atoms with E-state index in [0.717, 1.165) is 21.4 Å². The van der Waals surface area contributed by atoms with Crippen molar-refractivity contribution in [3.8, 4) is 0 Å². The molecule has 1 aliphatic heterocycles. The molecular weight excluding hydrogens is 376 g/mol. The lowest BCUT2D eigenvalue weighted by molar-refractivity contribution is -0.138. The number of likely N-dealkylation sites (tertiary alicyclic amines) is 1. The normalized spacial score (nSPS) is 17.2. The molecule has 1 saturated heterocycles. The molecule has 0 unspecified atom stereocenters. The Morgan fingerprint density at radius 1 is 1.36 bits per heavy atom. The van der Waals surface area contributed by atoms with E-state index in [2.05, 4.69) is 20.4 Å². The first-order valence-corrected chi connectivity index (χ1v) is 10.2. The Balaban J connectivity index is 1.30. The largest absolute Gasteiger partial charge is 0.350 e. The third-order valence-electron chi connectivity index (χ3n) is 4.87. The van der Waals surface area contributed by atoms with E-state index >= 15 is 0 Å². The highest BCUT2D eigenvalue weighted by Gasteiger charge is 2.30. The molecule has 4 rings (SSSR count). The van der Waals surface area contributed by atoms with Crippen LogP contribution in [-0.4, -0.2) is 49.4 Å². The van der Waals surface area contributed by atoms with Crippen LogP contribution in [0.4, 0.5) is 0 Å². The van der Waals surface area contributed by atoms with Gasteiger partial charge in [-0.2, -0.15) is 5.10 Å². The molecule has 2 amide bonds. The highest BCUT2D eigenvalue weighted by Crippen LogP contribution is 2.19. The SMILES string of the molecule is Cc1nn2cc(CNC(=O)[C@@H]3CCC(=O)N(CCc4ccccn4)C3)nc2s1. The van der Waals surface area contributed by atoms with Gasteiger partial charge in [-0.1, -0.05) is 17.4 Å². The summed E-state index contributed by atoms with van der Waals surface area (Å²) in [6, 6.07) is 5.76. The van der Waals surface area contributed by atoms with Gasteiger partial charge in [0.05, 0.1) is 24.4 Å². The first kappa shape index (κ1) is 18.5. The summed E-state index contributed by atoms with van der Waals surface area (Å²) in [4.78, 5) is 36.2. The topological polar surface area (TPSA) is 92.5 Å². The van der Waals surface area contributed by atoms with Crippen LogP contribution < -0.4 is 5.32 Å². The van der Waals surface area contributed by atoms with Gasteiger partial charge in [0, 0.05) is 37.8 Å². The predicted octanol–water partition coefficient (Wildman–Crippen LogP) is 1.59. The summed E-state index contributed by atoms with van der Waals surface area (Å²) in [5, 5.41) is 8.23. The van der Waals surface area contributed by atoms with Crippen LogP contribution in [0.3, 0.4) is 0 Å². The van der Waals surface area contributed by atoms with Crippen molar-refractivity contribution in [2.45, 2.75) is 32.7 Å². The van der Waals surface area contributed by atoms with E-state index < -0.39 is 0 Å². The van der Waals surface area contributed by atoms with E-state index in [1.807, 2.05) is 31.3 Å². The quantitative estimate of drug-likeness (QED) is 0.681. The number of fused-ring (bicyclic) bond motifs is 1. The van der Waals surface area contributed by atoms with Crippen LogP contribution >= 0.6 is 11.3 Å². The van der Waals surface area contributed by atoms with Crippen LogP contribution in [0.25, 0.3) is 4.96 Å². The Morgan fingerprint density at radius 3 is 3.04 bits per heavy atom. The van der Waals surface area contributed by atoms with Crippen LogP contribution in [-0.2, 0) is 22.6 Å². The molecule has 1 N–H and O–H groups in total. The number of rotatable bonds is 6. The lowest BCUT2D eigenvalue weighted by Crippen LogP contribution is -2.46. The fourth-order valence-corrected chi connectivity index (χ4v) is 4.14. The van der Waals surface area contributed by atoms with E-state index in [4.69, 9.17) is 0 Å². The van der Waals surface area contributed by atoms with Crippen LogP contribution in [0.1, 0.15) is 29.2 Å². The van der Waals surface area contributed by atoms with E-state index in [9.17, 15) is 9.59 Å². The van der Waals surface area contributed by atoms with Gasteiger partial charge in [0.2, 0.25) is 16.8 Å². The number of amides is 2. The molecule has 1 fully saturated rings. The zero-order valence-electron chi connectivity index (χ0n) is 15.7. The number of pyridine rings is 1. The maximum Gasteiger partial charge on any atom is 0.225 e. The van der Waals surface area contributed by atoms with E-state index in [1.54, 1.807) is 15.6 Å². The average molecular weight is 398 g/mol. The zero-order chi connectivity index (χ0) is 19.5. The van der Waals surface area contributed by atoms with Gasteiger partial charge in [0.1, 0.15) is 5.01 Å². The number of piperidine rings is 1. The Bertz CT molecular complexity index is 951. The molecule has 1 aliphatic rings. The zero-order valence-corrected chi connectivity index (χ0v) is 16.5. The Hall–Kier alpha value is -2.81. The molecule has 1 atom stereocenters. The van der Waals surface area contributed by atoms with E-state index in [-0.39, 0.29) is 17.7 Å². The molecular formula is C19H22N6O2S. The second-order valence-electron chi connectivity index (χ2n) is 6.94. The van der Waals surface area contributed by atoms with Crippen molar-refractivity contribution in [1.29, 1.82) is 0 Å². The summed E-state index contributed by atoms with van der Waals surface area (Å²) in [5.74, 6) is -0.114. The third-order valence-corrected chi connectivity index (χ3v) is 5.71. The number of aryl methyl sites for hydroxylation is 1. The van der Waals surface area contributed by atoms with Crippen molar-refractivity contribution in [1.82, 2.24) is 29.8 Å². The molecule has 0 bridgehead atoms. The van der Waals surface area contributed by atoms with Crippen molar-refractivity contribution >= 4 is 28.1 Å². The van der Waals surface area contributed by atoms with Gasteiger partial charge < -0.3 is 10.2 Å². The maximum atomic E-state index is 12.6. The van der Waals surface area contributed by atoms with Crippen molar-refractivity contribution in [2.75, 3.05) is 13.1 Å². The molecule has 0 radical (unpaired) electrons. The van der Waals surface area contributed by atoms with Crippen molar-refractivity contribution in [3.05, 3.63) is 47.0 Å². The highest BCUT2D eigenvalue weighted by molar-refractivity contribution is 7.16. The minimum absolute atomic E-state index is 0.0316. The number of carbonyl (C=O) groups excluding carboxylic acids is 2. The minimum atomic E-state index is -0.189. The molecule has 28 heavy (non-hydrogen) atoms. The summed E-state index contributed by atoms with van der Waals surface area (Å²) >= 11 is 1.52. The van der Waals surface area contributed by atoms with Crippen molar-refractivity contribution in [2.24, 2.45) is 5.92 Å². The molecule has 3 aromatic rings. The standard InChI is InChI=1S/C19H22N6O2S/c1-13-23-25-12-16(22-19(25)28-13)10-21-18(27)14-5-6-17(26)24(11-14)9-7-15-4-2-3-8-20-15/h2-4,8,12,14H,5-7,9-11H2,1H3,(H,21,27)/t14-/m1/s1. The number of nitrogens with one attached hydrogen (secondary N) is 1. The van der Waals surface area contributed by atoms with Gasteiger partial charge in [-0.05, 0) is 25.5 Å². The number of hydrogen-bond acceptors (Lipinski definition) is 6. The number of nitrogens with zero attached hydrogens (tertiary/aromatic N) is 5. The third kappa shape index (κ3) is 4.19. The second-order valence-corrected chi connectivity index (χ2v) is 8.10. The summed E-state index contributed by atoms with van der Waals surface area (Å²) in [7, 11) is 0. The molecule has 0 aliphatic carbocycles. The smallest absolute Gasteiger partial charge is 0.225 e. The number of hydrogen-bond donors (Lipinski definition) is 1. The van der Waals surface area contributed by atoms with Gasteiger partial charge in [0.15, 0.2) is 0 Å². The molecule has 9 heteroatoms. The Labute approximate surface area is 166 Å². The maximum absolute atomic E-state index is 12.6. The predicted molar refractivity (Wildman–Crippen MR) is 105 cm³/mol. The number of imidazole rings is 1. The summed E-state index contributed by atoms with van der Waals surface area (Å²) < 4.78 is 1.74. The molecule has 8 nitrogen and oxygen atoms in total. The molecule has 0 spiro atoms. The summed E-state index contributed by atoms with van der Waals surface area (Å²) in [5.41, 5.74) is 1.73. The molecule has 146 valence electrons. The minimum Gasteiger partial charge on any atom is -0.350 e. The summed E-state index contributed by atoms with van der Waals surface area (Å²) in [6.07, 6.45) is 5.27. The Kier molecular flexibility index (Phi) is 5.34. The van der Waals surface area contributed by atoms with Crippen LogP contribution in [0.15, 0.2) is 30.6 Å². The van der Waals surface area contributed by atoms with Gasteiger partial charge >= 0.3 is 0 Å². The molecule has 0 aromatic carbocycles. The summed E-state index contributed by atoms with van der Waals surface area (Å²) in [6.45, 7) is 3.34. The van der Waals surface area contributed by atoms with Crippen LogP contribution in [0, 0.1) is 12.8 Å². The van der Waals surface area contributed by atoms with Crippen molar-refractivity contribution in [3.63, 3.8) is 0 Å². The monoisotopic (exact) mass is 398 g/mol. The van der Waals surface area contributed by atoms with Crippen LogP contribution in [0.2, 0.25) is 0 Å². The van der Waals surface area contributed by atoms with Gasteiger partial charge in [-0.3, -0.25) is 14.6 Å². The molecule has 0 saturated carbocycles. The molecule has 4 heterocycles. The van der Waals surface area contributed by atoms with E-state index in [0.29, 0.717) is 38.9 Å². The lowest BCUT2D eigenvalue weighted by atomic mass is 9.96. The first-order chi connectivity index (χ1) is 13.6. The lowest BCUT2D eigenvalue weighted by Gasteiger charge is -2.31. The number of aromatic nitrogens is 4. The average Bonchev–Trinajstić information content (AvgIpc) is 3.23. The first-order valence-electron chi connectivity index (χ1n) is 9.35. The fourth-order valence-electron chi connectivity index (χ4n) is 3.39. The van der Waals surface area contributed by atoms with Crippen molar-refractivity contribution < 1.29 is 9.59 Å². The van der Waals surface area contributed by atoms with Gasteiger partial charge in [0.25, 0.3) is 0 Å². The number of carbonyl (C=O) groups is 2. The highest BCUT2D eigenvalue weighted by atomic mass is 32.1. The van der Waals surface area contributed by atoms with Crippen LogP contribution in [0.5, 0.6) is 0 Å². The molecule has 3 aromatic heterocycles. The Morgan fingerprint density at radius 2 is 2.25 bits per heavy atom. The van der Waals surface area contributed by atoms with Gasteiger partial charge in [-0.25, -0.2) is 9.50 Å². The second kappa shape index (κ2) is 8.05. The fraction of sp³-hybridized carbons (Fsp3) is 0.421.